The van der Waals surface area contributed by atoms with Crippen LogP contribution < -0.4 is 15.0 Å². The fraction of sp³-hybridized carbons (Fsp3) is 0.120. The van der Waals surface area contributed by atoms with Gasteiger partial charge in [-0.15, -0.1) is 0 Å². The highest BCUT2D eigenvalue weighted by Crippen LogP contribution is 2.35. The zero-order valence-electron chi connectivity index (χ0n) is 17.2. The Labute approximate surface area is 179 Å². The summed E-state index contributed by atoms with van der Waals surface area (Å²) in [7, 11) is 1.55. The lowest BCUT2D eigenvalue weighted by Crippen LogP contribution is -2.33. The summed E-state index contributed by atoms with van der Waals surface area (Å²) in [5.41, 5.74) is 2.54. The van der Waals surface area contributed by atoms with Crippen molar-refractivity contribution in [2.45, 2.75) is 13.3 Å². The van der Waals surface area contributed by atoms with Gasteiger partial charge in [-0.05, 0) is 53.9 Å². The highest BCUT2D eigenvalue weighted by atomic mass is 19.1. The van der Waals surface area contributed by atoms with Gasteiger partial charge in [0, 0.05) is 5.69 Å². The average molecular weight is 416 g/mol. The van der Waals surface area contributed by atoms with Gasteiger partial charge in [0.1, 0.15) is 17.3 Å². The third-order valence-electron chi connectivity index (χ3n) is 5.19. The molecule has 1 N–H and O–H groups in total. The Morgan fingerprint density at radius 1 is 0.903 bits per heavy atom. The van der Waals surface area contributed by atoms with Crippen LogP contribution in [0.4, 0.5) is 15.8 Å². The van der Waals surface area contributed by atoms with E-state index >= 15 is 0 Å². The van der Waals surface area contributed by atoms with Crippen molar-refractivity contribution < 1.29 is 18.7 Å². The monoisotopic (exact) mass is 416 g/mol. The first kappa shape index (κ1) is 20.3. The number of halogens is 1. The van der Waals surface area contributed by atoms with Crippen molar-refractivity contribution >= 4 is 28.8 Å². The van der Waals surface area contributed by atoms with E-state index in [1.807, 2.05) is 24.3 Å². The topological polar surface area (TPSA) is 58.6 Å². The standard InChI is InChI=1S/C25H21FN2O3/c1-3-16-8-12-18(13-9-16)27-23-22(17-10-14-19(31-2)15-11-17)24(29)28(25(23)30)21-7-5-4-6-20(21)26/h4-15,27H,3H2,1-2H3. The average Bonchev–Trinajstić information content (AvgIpc) is 3.04. The molecule has 0 atom stereocenters. The number of benzene rings is 3. The zero-order valence-corrected chi connectivity index (χ0v) is 17.2. The summed E-state index contributed by atoms with van der Waals surface area (Å²) < 4.78 is 19.6. The largest absolute Gasteiger partial charge is 0.497 e. The lowest BCUT2D eigenvalue weighted by molar-refractivity contribution is -0.120. The number of ether oxygens (including phenoxy) is 1. The molecular formula is C25H21FN2O3. The molecule has 0 saturated carbocycles. The van der Waals surface area contributed by atoms with Crippen LogP contribution in [0.25, 0.3) is 5.57 Å². The van der Waals surface area contributed by atoms with E-state index in [-0.39, 0.29) is 17.0 Å². The lowest BCUT2D eigenvalue weighted by Gasteiger charge is -2.16. The number of para-hydroxylation sites is 1. The summed E-state index contributed by atoms with van der Waals surface area (Å²) in [6.07, 6.45) is 0.887. The SMILES string of the molecule is CCc1ccc(NC2=C(c3ccc(OC)cc3)C(=O)N(c3ccccc3F)C2=O)cc1. The van der Waals surface area contributed by atoms with Gasteiger partial charge in [0.15, 0.2) is 0 Å². The van der Waals surface area contributed by atoms with Crippen molar-refractivity contribution in [1.82, 2.24) is 0 Å². The van der Waals surface area contributed by atoms with E-state index in [1.54, 1.807) is 37.4 Å². The maximum Gasteiger partial charge on any atom is 0.282 e. The summed E-state index contributed by atoms with van der Waals surface area (Å²) in [5, 5.41) is 3.08. The van der Waals surface area contributed by atoms with Crippen molar-refractivity contribution in [3.63, 3.8) is 0 Å². The van der Waals surface area contributed by atoms with Gasteiger partial charge in [-0.25, -0.2) is 9.29 Å². The van der Waals surface area contributed by atoms with Crippen molar-refractivity contribution in [2.75, 3.05) is 17.3 Å². The maximum atomic E-state index is 14.5. The molecule has 4 rings (SSSR count). The molecule has 0 spiro atoms. The molecule has 0 aliphatic carbocycles. The molecule has 0 fully saturated rings. The summed E-state index contributed by atoms with van der Waals surface area (Å²) in [5.74, 6) is -1.22. The van der Waals surface area contributed by atoms with Gasteiger partial charge in [0.2, 0.25) is 0 Å². The van der Waals surface area contributed by atoms with Crippen molar-refractivity contribution in [3.8, 4) is 5.75 Å². The normalized spacial score (nSPS) is 13.7. The molecule has 0 radical (unpaired) electrons. The van der Waals surface area contributed by atoms with Crippen molar-refractivity contribution in [2.24, 2.45) is 0 Å². The van der Waals surface area contributed by atoms with E-state index in [9.17, 15) is 14.0 Å². The number of anilines is 2. The van der Waals surface area contributed by atoms with E-state index in [1.165, 1.54) is 18.2 Å². The van der Waals surface area contributed by atoms with E-state index in [2.05, 4.69) is 12.2 Å². The Kier molecular flexibility index (Phi) is 5.54. The van der Waals surface area contributed by atoms with Crippen LogP contribution in [0, 0.1) is 5.82 Å². The summed E-state index contributed by atoms with van der Waals surface area (Å²) in [6, 6.07) is 20.1. The number of rotatable bonds is 6. The minimum Gasteiger partial charge on any atom is -0.497 e. The van der Waals surface area contributed by atoms with Gasteiger partial charge in [-0.1, -0.05) is 43.3 Å². The Balaban J connectivity index is 1.80. The first-order valence-electron chi connectivity index (χ1n) is 9.91. The Bertz CT molecular complexity index is 1170. The van der Waals surface area contributed by atoms with E-state index in [4.69, 9.17) is 4.74 Å². The number of aryl methyl sites for hydroxylation is 1. The van der Waals surface area contributed by atoms with Crippen LogP contribution in [-0.2, 0) is 16.0 Å². The molecule has 1 heterocycles. The number of hydrogen-bond donors (Lipinski definition) is 1. The van der Waals surface area contributed by atoms with Gasteiger partial charge in [0.05, 0.1) is 18.4 Å². The molecule has 5 nitrogen and oxygen atoms in total. The Morgan fingerprint density at radius 3 is 2.19 bits per heavy atom. The number of hydrogen-bond acceptors (Lipinski definition) is 4. The first-order chi connectivity index (χ1) is 15.0. The predicted molar refractivity (Wildman–Crippen MR) is 118 cm³/mol. The quantitative estimate of drug-likeness (QED) is 0.587. The Morgan fingerprint density at radius 2 is 1.58 bits per heavy atom. The highest BCUT2D eigenvalue weighted by molar-refractivity contribution is 6.46. The van der Waals surface area contributed by atoms with Gasteiger partial charge in [0.25, 0.3) is 11.8 Å². The molecule has 0 saturated heterocycles. The van der Waals surface area contributed by atoms with Crippen molar-refractivity contribution in [3.05, 3.63) is 95.4 Å². The number of carbonyl (C=O) groups excluding carboxylic acids is 2. The van der Waals surface area contributed by atoms with E-state index < -0.39 is 17.6 Å². The van der Waals surface area contributed by atoms with Crippen LogP contribution in [-0.4, -0.2) is 18.9 Å². The van der Waals surface area contributed by atoms with Crippen LogP contribution in [0.2, 0.25) is 0 Å². The molecule has 1 aliphatic rings. The van der Waals surface area contributed by atoms with Crippen LogP contribution in [0.15, 0.2) is 78.5 Å². The van der Waals surface area contributed by atoms with E-state index in [0.29, 0.717) is 17.0 Å². The molecule has 0 unspecified atom stereocenters. The zero-order chi connectivity index (χ0) is 22.0. The second kappa shape index (κ2) is 8.44. The molecule has 6 heteroatoms. The number of nitrogens with zero attached hydrogens (tertiary/aromatic N) is 1. The second-order valence-corrected chi connectivity index (χ2v) is 7.05. The highest BCUT2D eigenvalue weighted by Gasteiger charge is 2.41. The number of carbonyl (C=O) groups is 2. The number of amides is 2. The number of imide groups is 1. The fourth-order valence-electron chi connectivity index (χ4n) is 3.49. The summed E-state index contributed by atoms with van der Waals surface area (Å²) in [6.45, 7) is 2.05. The third-order valence-corrected chi connectivity index (χ3v) is 5.19. The lowest BCUT2D eigenvalue weighted by atomic mass is 10.0. The molecule has 0 aromatic heterocycles. The minimum absolute atomic E-state index is 0.0818. The minimum atomic E-state index is -0.646. The maximum absolute atomic E-state index is 14.5. The van der Waals surface area contributed by atoms with Crippen LogP contribution in [0.1, 0.15) is 18.1 Å². The smallest absolute Gasteiger partial charge is 0.282 e. The Hall–Kier alpha value is -3.93. The van der Waals surface area contributed by atoms with Gasteiger partial charge < -0.3 is 10.1 Å². The molecule has 0 bridgehead atoms. The van der Waals surface area contributed by atoms with Crippen LogP contribution in [0.3, 0.4) is 0 Å². The van der Waals surface area contributed by atoms with Crippen LogP contribution >= 0.6 is 0 Å². The molecule has 2 amide bonds. The van der Waals surface area contributed by atoms with Crippen LogP contribution in [0.5, 0.6) is 5.75 Å². The van der Waals surface area contributed by atoms with Gasteiger partial charge in [-0.3, -0.25) is 9.59 Å². The predicted octanol–water partition coefficient (Wildman–Crippen LogP) is 4.79. The molecular weight excluding hydrogens is 395 g/mol. The molecule has 156 valence electrons. The molecule has 3 aromatic carbocycles. The second-order valence-electron chi connectivity index (χ2n) is 7.05. The first-order valence-corrected chi connectivity index (χ1v) is 9.91. The molecule has 3 aromatic rings. The summed E-state index contributed by atoms with van der Waals surface area (Å²) >= 11 is 0. The summed E-state index contributed by atoms with van der Waals surface area (Å²) in [4.78, 5) is 27.5. The van der Waals surface area contributed by atoms with Crippen molar-refractivity contribution in [1.29, 1.82) is 0 Å². The van der Waals surface area contributed by atoms with Gasteiger partial charge >= 0.3 is 0 Å². The fourth-order valence-corrected chi connectivity index (χ4v) is 3.49. The van der Waals surface area contributed by atoms with E-state index in [0.717, 1.165) is 16.9 Å². The number of nitrogens with one attached hydrogen (secondary N) is 1. The third kappa shape index (κ3) is 3.80. The number of methoxy groups -OCH3 is 1. The molecule has 1 aliphatic heterocycles. The molecule has 31 heavy (non-hydrogen) atoms. The van der Waals surface area contributed by atoms with Gasteiger partial charge in [-0.2, -0.15) is 0 Å².